The average Bonchev–Trinajstić information content (AvgIpc) is 2.61. The van der Waals surface area contributed by atoms with E-state index in [1.165, 1.54) is 22.5 Å². The van der Waals surface area contributed by atoms with E-state index in [2.05, 4.69) is 79.9 Å². The first kappa shape index (κ1) is 17.4. The van der Waals surface area contributed by atoms with Crippen molar-refractivity contribution in [3.05, 3.63) is 59.7 Å². The summed E-state index contributed by atoms with van der Waals surface area (Å²) in [4.78, 5) is 0. The van der Waals surface area contributed by atoms with Crippen LogP contribution in [0.1, 0.15) is 57.1 Å². The normalized spacial score (nSPS) is 10.8. The Morgan fingerprint density at radius 1 is 0.652 bits per heavy atom. The fraction of sp³-hybridized carbons (Fsp3) is 0.429. The van der Waals surface area contributed by atoms with E-state index >= 15 is 0 Å². The molecule has 0 bridgehead atoms. The van der Waals surface area contributed by atoms with Crippen LogP contribution in [0, 0.1) is 0 Å². The summed E-state index contributed by atoms with van der Waals surface area (Å²) in [6, 6.07) is 17.8. The number of hydrogen-bond acceptors (Lipinski definition) is 2. The Balaban J connectivity index is 2.09. The minimum absolute atomic E-state index is 0.468. The van der Waals surface area contributed by atoms with Crippen molar-refractivity contribution in [3.8, 4) is 0 Å². The van der Waals surface area contributed by atoms with Crippen molar-refractivity contribution in [2.45, 2.75) is 46.0 Å². The SMILES string of the molecule is CCCNc1ccc(C(CC)c2ccc(NCCC)cc2)cc1. The van der Waals surface area contributed by atoms with Gasteiger partial charge in [-0.3, -0.25) is 0 Å². The Hall–Kier alpha value is -1.96. The molecule has 0 spiro atoms. The standard InChI is InChI=1S/C21H30N2/c1-4-15-22-19-11-7-17(8-12-19)21(6-3)18-9-13-20(14-10-18)23-16-5-2/h7-14,21-23H,4-6,15-16H2,1-3H3. The third kappa shape index (κ3) is 5.02. The van der Waals surface area contributed by atoms with E-state index in [0.717, 1.165) is 32.4 Å². The number of hydrogen-bond donors (Lipinski definition) is 2. The zero-order chi connectivity index (χ0) is 16.5. The molecule has 0 atom stereocenters. The summed E-state index contributed by atoms with van der Waals surface area (Å²) < 4.78 is 0. The van der Waals surface area contributed by atoms with Crippen molar-refractivity contribution in [1.82, 2.24) is 0 Å². The van der Waals surface area contributed by atoms with E-state index in [-0.39, 0.29) is 0 Å². The third-order valence-electron chi connectivity index (χ3n) is 4.19. The molecule has 2 heteroatoms. The van der Waals surface area contributed by atoms with Crippen molar-refractivity contribution in [1.29, 1.82) is 0 Å². The zero-order valence-electron chi connectivity index (χ0n) is 14.7. The largest absolute Gasteiger partial charge is 0.385 e. The highest BCUT2D eigenvalue weighted by Crippen LogP contribution is 2.29. The second kappa shape index (κ2) is 9.24. The van der Waals surface area contributed by atoms with Crippen LogP contribution in [0.15, 0.2) is 48.5 Å². The van der Waals surface area contributed by atoms with Gasteiger partial charge in [0.15, 0.2) is 0 Å². The Labute approximate surface area is 141 Å². The minimum atomic E-state index is 0.468. The van der Waals surface area contributed by atoms with Gasteiger partial charge in [0.2, 0.25) is 0 Å². The molecular weight excluding hydrogens is 280 g/mol. The fourth-order valence-electron chi connectivity index (χ4n) is 2.87. The second-order valence-corrected chi connectivity index (χ2v) is 6.06. The van der Waals surface area contributed by atoms with Gasteiger partial charge in [-0.1, -0.05) is 45.0 Å². The lowest BCUT2D eigenvalue weighted by molar-refractivity contribution is 0.777. The van der Waals surface area contributed by atoms with E-state index < -0.39 is 0 Å². The Morgan fingerprint density at radius 3 is 1.35 bits per heavy atom. The molecule has 0 heterocycles. The van der Waals surface area contributed by atoms with Crippen LogP contribution in [-0.2, 0) is 0 Å². The van der Waals surface area contributed by atoms with E-state index in [1.807, 2.05) is 0 Å². The fourth-order valence-corrected chi connectivity index (χ4v) is 2.87. The predicted octanol–water partition coefficient (Wildman–Crippen LogP) is 5.87. The quantitative estimate of drug-likeness (QED) is 0.605. The molecule has 2 N–H and O–H groups in total. The number of benzene rings is 2. The summed E-state index contributed by atoms with van der Waals surface area (Å²) in [5.41, 5.74) is 5.21. The summed E-state index contributed by atoms with van der Waals surface area (Å²) in [6.45, 7) is 8.70. The molecule has 2 aromatic carbocycles. The van der Waals surface area contributed by atoms with Gasteiger partial charge in [0, 0.05) is 30.4 Å². The molecule has 0 saturated heterocycles. The predicted molar refractivity (Wildman–Crippen MR) is 103 cm³/mol. The van der Waals surface area contributed by atoms with E-state index in [1.54, 1.807) is 0 Å². The molecule has 2 aromatic rings. The molecule has 0 saturated carbocycles. The van der Waals surface area contributed by atoms with Gasteiger partial charge in [0.05, 0.1) is 0 Å². The molecular formula is C21H30N2. The molecule has 2 rings (SSSR count). The summed E-state index contributed by atoms with van der Waals surface area (Å²) in [6.07, 6.45) is 3.42. The zero-order valence-corrected chi connectivity index (χ0v) is 14.7. The first-order valence-electron chi connectivity index (χ1n) is 8.96. The van der Waals surface area contributed by atoms with Crippen LogP contribution in [-0.4, -0.2) is 13.1 Å². The first-order valence-corrected chi connectivity index (χ1v) is 8.96. The highest BCUT2D eigenvalue weighted by Gasteiger charge is 2.12. The summed E-state index contributed by atoms with van der Waals surface area (Å²) in [5.74, 6) is 0.468. The van der Waals surface area contributed by atoms with Crippen LogP contribution in [0.2, 0.25) is 0 Å². The Morgan fingerprint density at radius 2 is 1.04 bits per heavy atom. The minimum Gasteiger partial charge on any atom is -0.385 e. The van der Waals surface area contributed by atoms with Crippen molar-refractivity contribution in [2.24, 2.45) is 0 Å². The van der Waals surface area contributed by atoms with Crippen molar-refractivity contribution < 1.29 is 0 Å². The van der Waals surface area contributed by atoms with Gasteiger partial charge in [-0.25, -0.2) is 0 Å². The van der Waals surface area contributed by atoms with Crippen LogP contribution in [0.3, 0.4) is 0 Å². The van der Waals surface area contributed by atoms with Crippen LogP contribution < -0.4 is 10.6 Å². The maximum absolute atomic E-state index is 3.44. The van der Waals surface area contributed by atoms with Gasteiger partial charge >= 0.3 is 0 Å². The topological polar surface area (TPSA) is 24.1 Å². The molecule has 0 aromatic heterocycles. The van der Waals surface area contributed by atoms with Gasteiger partial charge in [-0.15, -0.1) is 0 Å². The average molecular weight is 310 g/mol. The highest BCUT2D eigenvalue weighted by atomic mass is 14.9. The van der Waals surface area contributed by atoms with Gasteiger partial charge < -0.3 is 10.6 Å². The van der Waals surface area contributed by atoms with Crippen LogP contribution in [0.4, 0.5) is 11.4 Å². The maximum atomic E-state index is 3.44. The number of nitrogens with one attached hydrogen (secondary N) is 2. The lowest BCUT2D eigenvalue weighted by atomic mass is 9.89. The van der Waals surface area contributed by atoms with Crippen LogP contribution in [0.25, 0.3) is 0 Å². The maximum Gasteiger partial charge on any atom is 0.0340 e. The lowest BCUT2D eigenvalue weighted by Crippen LogP contribution is -2.03. The number of anilines is 2. The Bertz CT molecular complexity index is 506. The Kier molecular flexibility index (Phi) is 6.99. The van der Waals surface area contributed by atoms with Crippen molar-refractivity contribution in [2.75, 3.05) is 23.7 Å². The van der Waals surface area contributed by atoms with E-state index in [0.29, 0.717) is 5.92 Å². The lowest BCUT2D eigenvalue weighted by Gasteiger charge is -2.17. The molecule has 0 aliphatic heterocycles. The van der Waals surface area contributed by atoms with Gasteiger partial charge in [0.25, 0.3) is 0 Å². The molecule has 0 aliphatic carbocycles. The third-order valence-corrected chi connectivity index (χ3v) is 4.19. The smallest absolute Gasteiger partial charge is 0.0340 e. The molecule has 124 valence electrons. The molecule has 0 aliphatic rings. The second-order valence-electron chi connectivity index (χ2n) is 6.06. The number of rotatable bonds is 9. The summed E-state index contributed by atoms with van der Waals surface area (Å²) in [7, 11) is 0. The summed E-state index contributed by atoms with van der Waals surface area (Å²) in [5, 5.41) is 6.87. The molecule has 23 heavy (non-hydrogen) atoms. The van der Waals surface area contributed by atoms with Crippen molar-refractivity contribution in [3.63, 3.8) is 0 Å². The molecule has 0 unspecified atom stereocenters. The highest BCUT2D eigenvalue weighted by molar-refractivity contribution is 5.49. The molecule has 2 nitrogen and oxygen atoms in total. The molecule has 0 radical (unpaired) electrons. The van der Waals surface area contributed by atoms with Gasteiger partial charge in [-0.2, -0.15) is 0 Å². The first-order chi connectivity index (χ1) is 11.3. The molecule has 0 amide bonds. The van der Waals surface area contributed by atoms with Gasteiger partial charge in [-0.05, 0) is 54.7 Å². The van der Waals surface area contributed by atoms with E-state index in [4.69, 9.17) is 0 Å². The molecule has 0 fully saturated rings. The van der Waals surface area contributed by atoms with Gasteiger partial charge in [0.1, 0.15) is 0 Å². The summed E-state index contributed by atoms with van der Waals surface area (Å²) >= 11 is 0. The van der Waals surface area contributed by atoms with Crippen LogP contribution >= 0.6 is 0 Å². The van der Waals surface area contributed by atoms with E-state index in [9.17, 15) is 0 Å². The van der Waals surface area contributed by atoms with Crippen LogP contribution in [0.5, 0.6) is 0 Å². The van der Waals surface area contributed by atoms with Crippen molar-refractivity contribution >= 4 is 11.4 Å². The monoisotopic (exact) mass is 310 g/mol.